The molecule has 5 nitrogen and oxygen atoms in total. The number of quaternary nitrogens is 1. The van der Waals surface area contributed by atoms with Gasteiger partial charge in [0.25, 0.3) is 5.56 Å². The zero-order chi connectivity index (χ0) is 14.8. The van der Waals surface area contributed by atoms with Gasteiger partial charge in [-0.15, -0.1) is 16.4 Å². The Labute approximate surface area is 130 Å². The highest BCUT2D eigenvalue weighted by Gasteiger charge is 2.11. The minimum Gasteiger partial charge on any atom is -0.314 e. The molecule has 0 bridgehead atoms. The van der Waals surface area contributed by atoms with Gasteiger partial charge < -0.3 is 4.90 Å². The highest BCUT2D eigenvalue weighted by atomic mass is 35.5. The first-order valence-electron chi connectivity index (χ1n) is 6.51. The molecule has 108 valence electrons. The fraction of sp³-hybridized carbons (Fsp3) is 0.214. The molecule has 0 fully saturated rings. The molecule has 0 radical (unpaired) electrons. The predicted molar refractivity (Wildman–Crippen MR) is 83.7 cm³/mol. The first-order chi connectivity index (χ1) is 10.1. The van der Waals surface area contributed by atoms with E-state index in [1.54, 1.807) is 23.5 Å². The van der Waals surface area contributed by atoms with Gasteiger partial charge in [0, 0.05) is 0 Å². The number of fused-ring (bicyclic) bond motifs is 1. The summed E-state index contributed by atoms with van der Waals surface area (Å²) >= 11 is 7.48. The molecule has 2 heterocycles. The van der Waals surface area contributed by atoms with Crippen LogP contribution in [0.1, 0.15) is 4.88 Å². The molecule has 0 aliphatic rings. The summed E-state index contributed by atoms with van der Waals surface area (Å²) in [6, 6.07) is 11.1. The molecule has 1 unspecified atom stereocenters. The van der Waals surface area contributed by atoms with Gasteiger partial charge in [0.05, 0.1) is 21.6 Å². The molecule has 0 saturated carbocycles. The molecule has 0 saturated heterocycles. The average Bonchev–Trinajstić information content (AvgIpc) is 2.87. The van der Waals surface area contributed by atoms with Crippen molar-refractivity contribution in [3.05, 3.63) is 56.0 Å². The summed E-state index contributed by atoms with van der Waals surface area (Å²) in [5, 5.41) is 8.69. The summed E-state index contributed by atoms with van der Waals surface area (Å²) in [5.41, 5.74) is 0.519. The van der Waals surface area contributed by atoms with Crippen LogP contribution in [0.2, 0.25) is 4.34 Å². The van der Waals surface area contributed by atoms with Crippen LogP contribution in [0.5, 0.6) is 0 Å². The number of hydrogen-bond acceptors (Lipinski definition) is 4. The SMILES string of the molecule is C[NH+](Cc1ccc(Cl)s1)Cn1nnc2ccccc2c1=O. The first-order valence-corrected chi connectivity index (χ1v) is 7.71. The largest absolute Gasteiger partial charge is 0.314 e. The molecule has 3 aromatic rings. The summed E-state index contributed by atoms with van der Waals surface area (Å²) in [7, 11) is 2.01. The van der Waals surface area contributed by atoms with E-state index in [-0.39, 0.29) is 5.56 Å². The molecule has 0 aliphatic carbocycles. The Morgan fingerprint density at radius 1 is 1.29 bits per heavy atom. The van der Waals surface area contributed by atoms with Crippen LogP contribution < -0.4 is 10.5 Å². The summed E-state index contributed by atoms with van der Waals surface area (Å²) < 4.78 is 2.19. The molecule has 0 aliphatic heterocycles. The van der Waals surface area contributed by atoms with Gasteiger partial charge in [-0.2, -0.15) is 4.68 Å². The van der Waals surface area contributed by atoms with E-state index < -0.39 is 0 Å². The van der Waals surface area contributed by atoms with Gasteiger partial charge in [-0.1, -0.05) is 28.9 Å². The summed E-state index contributed by atoms with van der Waals surface area (Å²) in [6.45, 7) is 1.25. The fourth-order valence-corrected chi connectivity index (χ4v) is 3.38. The maximum absolute atomic E-state index is 12.3. The molecule has 7 heteroatoms. The van der Waals surface area contributed by atoms with E-state index in [4.69, 9.17) is 11.6 Å². The third-order valence-electron chi connectivity index (χ3n) is 3.15. The van der Waals surface area contributed by atoms with Gasteiger partial charge in [0.2, 0.25) is 0 Å². The van der Waals surface area contributed by atoms with Crippen LogP contribution in [0.3, 0.4) is 0 Å². The van der Waals surface area contributed by atoms with E-state index in [2.05, 4.69) is 10.3 Å². The third-order valence-corrected chi connectivity index (χ3v) is 4.39. The van der Waals surface area contributed by atoms with Crippen LogP contribution in [-0.2, 0) is 13.2 Å². The molecule has 1 aromatic carbocycles. The number of nitrogens with one attached hydrogen (secondary N) is 1. The molecule has 0 amide bonds. The zero-order valence-corrected chi connectivity index (χ0v) is 13.0. The van der Waals surface area contributed by atoms with Crippen molar-refractivity contribution in [1.82, 2.24) is 15.0 Å². The van der Waals surface area contributed by atoms with E-state index in [9.17, 15) is 4.79 Å². The molecule has 2 aromatic heterocycles. The lowest BCUT2D eigenvalue weighted by molar-refractivity contribution is -0.917. The van der Waals surface area contributed by atoms with Crippen LogP contribution in [0.25, 0.3) is 10.9 Å². The van der Waals surface area contributed by atoms with Gasteiger partial charge in [-0.05, 0) is 24.3 Å². The van der Waals surface area contributed by atoms with Crippen LogP contribution in [0, 0.1) is 0 Å². The Morgan fingerprint density at radius 3 is 2.86 bits per heavy atom. The molecule has 3 rings (SSSR count). The van der Waals surface area contributed by atoms with Gasteiger partial charge in [0.1, 0.15) is 12.1 Å². The van der Waals surface area contributed by atoms with Gasteiger partial charge in [0.15, 0.2) is 6.67 Å². The van der Waals surface area contributed by atoms with Crippen molar-refractivity contribution in [2.45, 2.75) is 13.2 Å². The minimum atomic E-state index is -0.107. The minimum absolute atomic E-state index is 0.107. The summed E-state index contributed by atoms with van der Waals surface area (Å²) in [5.74, 6) is 0. The second kappa shape index (κ2) is 5.93. The van der Waals surface area contributed by atoms with E-state index >= 15 is 0 Å². The monoisotopic (exact) mass is 321 g/mol. The molecule has 1 atom stereocenters. The fourth-order valence-electron chi connectivity index (χ4n) is 2.18. The number of aromatic nitrogens is 3. The van der Waals surface area contributed by atoms with Crippen molar-refractivity contribution < 1.29 is 4.90 Å². The quantitative estimate of drug-likeness (QED) is 0.785. The maximum Gasteiger partial charge on any atom is 0.282 e. The lowest BCUT2D eigenvalue weighted by Gasteiger charge is -2.13. The zero-order valence-electron chi connectivity index (χ0n) is 11.4. The van der Waals surface area contributed by atoms with E-state index in [0.29, 0.717) is 17.6 Å². The standard InChI is InChI=1S/C14H13ClN4OS/c1-18(8-10-6-7-13(15)21-10)9-19-14(20)11-4-2-3-5-12(11)16-17-19/h2-7H,8-9H2,1H3/p+1. The molecular weight excluding hydrogens is 308 g/mol. The highest BCUT2D eigenvalue weighted by molar-refractivity contribution is 7.16. The number of hydrogen-bond donors (Lipinski definition) is 1. The second-order valence-electron chi connectivity index (χ2n) is 4.91. The second-order valence-corrected chi connectivity index (χ2v) is 6.71. The average molecular weight is 322 g/mol. The highest BCUT2D eigenvalue weighted by Crippen LogP contribution is 2.20. The van der Waals surface area contributed by atoms with Crippen molar-refractivity contribution in [1.29, 1.82) is 0 Å². The Hall–Kier alpha value is -1.76. The summed E-state index contributed by atoms with van der Waals surface area (Å²) in [6.07, 6.45) is 0. The predicted octanol–water partition coefficient (Wildman–Crippen LogP) is 1.18. The van der Waals surface area contributed by atoms with Gasteiger partial charge in [-0.25, -0.2) is 0 Å². The Morgan fingerprint density at radius 2 is 2.10 bits per heavy atom. The van der Waals surface area contributed by atoms with Crippen molar-refractivity contribution in [2.75, 3.05) is 7.05 Å². The normalized spacial score (nSPS) is 12.7. The molecule has 21 heavy (non-hydrogen) atoms. The van der Waals surface area contributed by atoms with E-state index in [0.717, 1.165) is 15.8 Å². The third kappa shape index (κ3) is 3.12. The lowest BCUT2D eigenvalue weighted by Crippen LogP contribution is -3.07. The molecule has 0 spiro atoms. The smallest absolute Gasteiger partial charge is 0.282 e. The first kappa shape index (κ1) is 14.2. The molecule has 1 N–H and O–H groups in total. The van der Waals surface area contributed by atoms with Crippen molar-refractivity contribution in [2.24, 2.45) is 0 Å². The Balaban J connectivity index is 1.81. The van der Waals surface area contributed by atoms with Crippen molar-refractivity contribution >= 4 is 33.8 Å². The Kier molecular flexibility index (Phi) is 4.01. The summed E-state index contributed by atoms with van der Waals surface area (Å²) in [4.78, 5) is 14.7. The van der Waals surface area contributed by atoms with Crippen LogP contribution in [0.15, 0.2) is 41.2 Å². The van der Waals surface area contributed by atoms with E-state index in [1.165, 1.54) is 9.56 Å². The van der Waals surface area contributed by atoms with Gasteiger partial charge in [-0.3, -0.25) is 4.79 Å². The number of thiophene rings is 1. The number of rotatable bonds is 4. The van der Waals surface area contributed by atoms with Crippen LogP contribution >= 0.6 is 22.9 Å². The number of halogens is 1. The van der Waals surface area contributed by atoms with Gasteiger partial charge >= 0.3 is 0 Å². The number of nitrogens with zero attached hydrogens (tertiary/aromatic N) is 3. The number of benzene rings is 1. The van der Waals surface area contributed by atoms with Crippen LogP contribution in [-0.4, -0.2) is 22.0 Å². The maximum atomic E-state index is 12.3. The van der Waals surface area contributed by atoms with Crippen molar-refractivity contribution in [3.63, 3.8) is 0 Å². The van der Waals surface area contributed by atoms with E-state index in [1.807, 2.05) is 31.3 Å². The topological polar surface area (TPSA) is 52.2 Å². The Bertz CT molecular complexity index is 829. The molecular formula is C14H14ClN4OS+. The van der Waals surface area contributed by atoms with Crippen molar-refractivity contribution in [3.8, 4) is 0 Å². The van der Waals surface area contributed by atoms with Crippen LogP contribution in [0.4, 0.5) is 0 Å². The lowest BCUT2D eigenvalue weighted by atomic mass is 10.2.